The van der Waals surface area contributed by atoms with Crippen molar-refractivity contribution in [3.63, 3.8) is 0 Å². The molecule has 0 saturated carbocycles. The van der Waals surface area contributed by atoms with E-state index in [9.17, 15) is 0 Å². The van der Waals surface area contributed by atoms with Gasteiger partial charge in [-0.3, -0.25) is 4.57 Å². The Morgan fingerprint density at radius 3 is 2.18 bits per heavy atom. The van der Waals surface area contributed by atoms with Crippen LogP contribution in [0.15, 0.2) is 185 Å². The Kier molecular flexibility index (Phi) is 7.05. The van der Waals surface area contributed by atoms with Crippen LogP contribution in [0.5, 0.6) is 0 Å². The lowest BCUT2D eigenvalue weighted by Gasteiger charge is -2.25. The van der Waals surface area contributed by atoms with E-state index in [0.29, 0.717) is 0 Å². The number of hydrogen-bond acceptors (Lipinski definition) is 3. The molecule has 0 bridgehead atoms. The van der Waals surface area contributed by atoms with Crippen molar-refractivity contribution in [3.05, 3.63) is 198 Å². The first kappa shape index (κ1) is 31.9. The molecular formula is C52H36N4O. The third-order valence-corrected chi connectivity index (χ3v) is 11.8. The third-order valence-electron chi connectivity index (χ3n) is 11.8. The van der Waals surface area contributed by atoms with Crippen LogP contribution >= 0.6 is 0 Å². The molecule has 5 heteroatoms. The fourth-order valence-electron chi connectivity index (χ4n) is 9.29. The van der Waals surface area contributed by atoms with Crippen LogP contribution in [0.1, 0.15) is 34.9 Å². The van der Waals surface area contributed by atoms with Crippen LogP contribution in [0, 0.1) is 0 Å². The van der Waals surface area contributed by atoms with E-state index < -0.39 is 0 Å². The van der Waals surface area contributed by atoms with E-state index in [1.807, 2.05) is 0 Å². The SMILES string of the molecule is C1=Cc2oc3c(-c4cccc(-n5c6ccccc6c6c7c(ccc65)c5ccccc5n7C5=NC(c6ccccc6)=CC(c6ccccc6)N5)c4)cccc3c2CC1. The summed E-state index contributed by atoms with van der Waals surface area (Å²) in [5, 5.41) is 9.85. The predicted octanol–water partition coefficient (Wildman–Crippen LogP) is 12.9. The maximum absolute atomic E-state index is 6.55. The standard InChI is InChI=1S/C52H36N4O/c1-3-15-33(16-4-1)43-32-44(34-17-5-2-6-18-34)54-52(53-43)56-45-26-10-7-21-38(45)40-29-30-47-49(50(40)56)42-23-8-11-27-46(42)55(47)36-20-13-19-35(31-36)37-24-14-25-41-39-22-9-12-28-48(39)57-51(37)41/h1-8,10-21,23-32,43H,9,22H2,(H,53,54). The average Bonchev–Trinajstić information content (AvgIpc) is 3.95. The van der Waals surface area contributed by atoms with Crippen molar-refractivity contribution in [2.75, 3.05) is 0 Å². The van der Waals surface area contributed by atoms with Gasteiger partial charge in [-0.2, -0.15) is 0 Å². The highest BCUT2D eigenvalue weighted by atomic mass is 16.3. The van der Waals surface area contributed by atoms with Crippen LogP contribution in [0.3, 0.4) is 0 Å². The quantitative estimate of drug-likeness (QED) is 0.196. The zero-order valence-corrected chi connectivity index (χ0v) is 31.1. The Morgan fingerprint density at radius 1 is 0.596 bits per heavy atom. The zero-order chi connectivity index (χ0) is 37.5. The molecular weight excluding hydrogens is 697 g/mol. The molecule has 7 aromatic carbocycles. The van der Waals surface area contributed by atoms with Gasteiger partial charge in [0.25, 0.3) is 0 Å². The molecule has 1 unspecified atom stereocenters. The van der Waals surface area contributed by atoms with Crippen molar-refractivity contribution >= 4 is 72.3 Å². The number of fused-ring (bicyclic) bond motifs is 10. The second-order valence-electron chi connectivity index (χ2n) is 15.1. The Balaban J connectivity index is 1.11. The van der Waals surface area contributed by atoms with Gasteiger partial charge in [-0.1, -0.05) is 140 Å². The number of aromatic nitrogens is 2. The molecule has 0 spiro atoms. The van der Waals surface area contributed by atoms with Gasteiger partial charge in [0, 0.05) is 49.3 Å². The summed E-state index contributed by atoms with van der Waals surface area (Å²) in [6, 6.07) is 58.6. The Bertz CT molecular complexity index is 3320. The second kappa shape index (κ2) is 12.6. The molecule has 4 heterocycles. The molecule has 0 amide bonds. The first-order valence-corrected chi connectivity index (χ1v) is 19.7. The molecule has 0 saturated heterocycles. The first-order chi connectivity index (χ1) is 28.3. The van der Waals surface area contributed by atoms with E-state index in [1.165, 1.54) is 38.1 Å². The van der Waals surface area contributed by atoms with Crippen LogP contribution < -0.4 is 5.32 Å². The maximum atomic E-state index is 6.55. The van der Waals surface area contributed by atoms with E-state index in [2.05, 4.69) is 196 Å². The van der Waals surface area contributed by atoms with Crippen LogP contribution in [0.2, 0.25) is 0 Å². The highest BCUT2D eigenvalue weighted by Crippen LogP contribution is 2.43. The molecule has 5 nitrogen and oxygen atoms in total. The predicted molar refractivity (Wildman–Crippen MR) is 236 cm³/mol. The molecule has 0 radical (unpaired) electrons. The number of furan rings is 1. The number of rotatable bonds is 4. The lowest BCUT2D eigenvalue weighted by atomic mass is 9.98. The highest BCUT2D eigenvalue weighted by Gasteiger charge is 2.26. The molecule has 10 aromatic rings. The fourth-order valence-corrected chi connectivity index (χ4v) is 9.29. The number of aryl methyl sites for hydroxylation is 1. The minimum Gasteiger partial charge on any atom is -0.456 e. The van der Waals surface area contributed by atoms with Crippen molar-refractivity contribution in [2.45, 2.75) is 18.9 Å². The summed E-state index contributed by atoms with van der Waals surface area (Å²) >= 11 is 0. The number of hydrogen-bond donors (Lipinski definition) is 1. The minimum absolute atomic E-state index is 0.0754. The van der Waals surface area contributed by atoms with Gasteiger partial charge < -0.3 is 14.3 Å². The lowest BCUT2D eigenvalue weighted by Crippen LogP contribution is -2.35. The van der Waals surface area contributed by atoms with Crippen molar-refractivity contribution in [1.82, 2.24) is 14.5 Å². The first-order valence-electron chi connectivity index (χ1n) is 19.7. The summed E-state index contributed by atoms with van der Waals surface area (Å²) in [5.41, 5.74) is 13.3. The highest BCUT2D eigenvalue weighted by molar-refractivity contribution is 6.28. The molecule has 1 atom stereocenters. The molecule has 3 aromatic heterocycles. The van der Waals surface area contributed by atoms with Crippen LogP contribution in [-0.4, -0.2) is 15.1 Å². The van der Waals surface area contributed by atoms with E-state index in [1.54, 1.807) is 0 Å². The molecule has 57 heavy (non-hydrogen) atoms. The molecule has 0 fully saturated rings. The van der Waals surface area contributed by atoms with E-state index in [-0.39, 0.29) is 6.04 Å². The minimum atomic E-state index is -0.0754. The Hall–Kier alpha value is -7.37. The molecule has 1 aliphatic carbocycles. The van der Waals surface area contributed by atoms with Gasteiger partial charge in [0.15, 0.2) is 0 Å². The monoisotopic (exact) mass is 732 g/mol. The van der Waals surface area contributed by atoms with Gasteiger partial charge in [0.05, 0.1) is 33.8 Å². The number of nitrogens with one attached hydrogen (secondary N) is 1. The van der Waals surface area contributed by atoms with Crippen molar-refractivity contribution in [2.24, 2.45) is 4.99 Å². The third kappa shape index (κ3) is 4.92. The van der Waals surface area contributed by atoms with Gasteiger partial charge >= 0.3 is 0 Å². The molecule has 1 N–H and O–H groups in total. The average molecular weight is 733 g/mol. The molecule has 12 rings (SSSR count). The maximum Gasteiger partial charge on any atom is 0.209 e. The van der Waals surface area contributed by atoms with E-state index in [4.69, 9.17) is 9.41 Å². The van der Waals surface area contributed by atoms with E-state index in [0.717, 1.165) is 80.3 Å². The second-order valence-corrected chi connectivity index (χ2v) is 15.1. The van der Waals surface area contributed by atoms with E-state index >= 15 is 0 Å². The number of para-hydroxylation sites is 3. The van der Waals surface area contributed by atoms with Crippen LogP contribution in [0.25, 0.3) is 83.2 Å². The smallest absolute Gasteiger partial charge is 0.209 e. The largest absolute Gasteiger partial charge is 0.456 e. The summed E-state index contributed by atoms with van der Waals surface area (Å²) in [6.07, 6.45) is 8.63. The summed E-state index contributed by atoms with van der Waals surface area (Å²) in [6.45, 7) is 0. The fraction of sp³-hybridized carbons (Fsp3) is 0.0577. The summed E-state index contributed by atoms with van der Waals surface area (Å²) in [4.78, 5) is 5.43. The van der Waals surface area contributed by atoms with Gasteiger partial charge in [0.2, 0.25) is 5.96 Å². The number of aliphatic imine (C=N–C) groups is 1. The number of benzene rings is 7. The molecule has 270 valence electrons. The topological polar surface area (TPSA) is 47.4 Å². The van der Waals surface area contributed by atoms with Gasteiger partial charge in [-0.25, -0.2) is 4.99 Å². The summed E-state index contributed by atoms with van der Waals surface area (Å²) in [5.74, 6) is 1.78. The molecule has 1 aliphatic heterocycles. The Labute approximate surface area is 329 Å². The van der Waals surface area contributed by atoms with Crippen molar-refractivity contribution in [3.8, 4) is 16.8 Å². The van der Waals surface area contributed by atoms with Crippen molar-refractivity contribution < 1.29 is 4.42 Å². The van der Waals surface area contributed by atoms with Gasteiger partial charge in [0.1, 0.15) is 11.3 Å². The Morgan fingerprint density at radius 2 is 1.32 bits per heavy atom. The van der Waals surface area contributed by atoms with Crippen molar-refractivity contribution in [1.29, 1.82) is 0 Å². The normalized spacial score (nSPS) is 15.3. The van der Waals surface area contributed by atoms with Gasteiger partial charge in [-0.05, 0) is 66.5 Å². The van der Waals surface area contributed by atoms with Crippen LogP contribution in [-0.2, 0) is 6.42 Å². The number of nitrogens with zero attached hydrogens (tertiary/aromatic N) is 3. The lowest BCUT2D eigenvalue weighted by molar-refractivity contribution is 0.596. The number of allylic oxidation sites excluding steroid dienone is 1. The summed E-state index contributed by atoms with van der Waals surface area (Å²) in [7, 11) is 0. The summed E-state index contributed by atoms with van der Waals surface area (Å²) < 4.78 is 11.3. The van der Waals surface area contributed by atoms with Gasteiger partial charge in [-0.15, -0.1) is 0 Å². The van der Waals surface area contributed by atoms with Crippen LogP contribution in [0.4, 0.5) is 0 Å². The molecule has 2 aliphatic rings. The zero-order valence-electron chi connectivity index (χ0n) is 31.1.